The van der Waals surface area contributed by atoms with Gasteiger partial charge in [0.1, 0.15) is 18.0 Å². The van der Waals surface area contributed by atoms with Gasteiger partial charge in [0, 0.05) is 5.39 Å². The van der Waals surface area contributed by atoms with Gasteiger partial charge in [0.15, 0.2) is 6.10 Å². The number of carbonyl (C=O) groups is 1. The maximum atomic E-state index is 12.5. The summed E-state index contributed by atoms with van der Waals surface area (Å²) in [6.45, 7) is 2.64. The third kappa shape index (κ3) is 3.64. The quantitative estimate of drug-likeness (QED) is 0.396. The van der Waals surface area contributed by atoms with Crippen LogP contribution in [0.2, 0.25) is 0 Å². The fourth-order valence-corrected chi connectivity index (χ4v) is 3.30. The molecule has 0 radical (unpaired) electrons. The molecule has 9 nitrogen and oxygen atoms in total. The zero-order valence-corrected chi connectivity index (χ0v) is 15.6. The molecule has 2 aromatic rings. The molecule has 1 aliphatic rings. The van der Waals surface area contributed by atoms with Gasteiger partial charge in [-0.05, 0) is 24.0 Å². The van der Waals surface area contributed by atoms with Crippen LogP contribution in [0, 0.1) is 5.92 Å². The first kappa shape index (κ1) is 20.7. The Morgan fingerprint density at radius 2 is 2.04 bits per heavy atom. The van der Waals surface area contributed by atoms with Crippen molar-refractivity contribution in [2.75, 3.05) is 6.61 Å². The largest absolute Gasteiger partial charge is 0.656 e. The molecule has 1 fully saturated rings. The predicted octanol–water partition coefficient (Wildman–Crippen LogP) is -0.805. The Balaban J connectivity index is 1.91. The van der Waals surface area contributed by atoms with Crippen LogP contribution in [0.3, 0.4) is 0 Å². The van der Waals surface area contributed by atoms with E-state index < -0.39 is 43.3 Å². The predicted molar refractivity (Wildman–Crippen MR) is 96.3 cm³/mol. The second-order valence-electron chi connectivity index (χ2n) is 7.39. The highest BCUT2D eigenvalue weighted by Crippen LogP contribution is 2.34. The van der Waals surface area contributed by atoms with Crippen molar-refractivity contribution in [1.82, 2.24) is 4.98 Å². The van der Waals surface area contributed by atoms with Crippen molar-refractivity contribution < 1.29 is 39.8 Å². The van der Waals surface area contributed by atoms with Crippen molar-refractivity contribution in [3.05, 3.63) is 29.5 Å². The number of nitrogens with zero attached hydrogens (tertiary/aromatic N) is 1. The Kier molecular flexibility index (Phi) is 5.76. The molecule has 1 saturated heterocycles. The molecular formula is C19H24NO8-. The molecule has 4 atom stereocenters. The number of ether oxygens (including phenoxy) is 2. The number of rotatable bonds is 6. The van der Waals surface area contributed by atoms with E-state index >= 15 is 0 Å². The first-order valence-corrected chi connectivity index (χ1v) is 8.98. The lowest BCUT2D eigenvalue weighted by Crippen LogP contribution is -2.46. The molecule has 1 aliphatic heterocycles. The van der Waals surface area contributed by atoms with Gasteiger partial charge in [-0.15, -0.1) is 5.52 Å². The SMILES string of the molecule is CC(C)Cc1ccc2[n-]c(CO)c(OC(=O)[C@@H]3O[C@@](O)(CO)[C@H](O)[C@H]3O)c2c1. The number of aliphatic hydroxyl groups is 5. The number of fused-ring (bicyclic) bond motifs is 1. The van der Waals surface area contributed by atoms with E-state index in [2.05, 4.69) is 18.8 Å². The second kappa shape index (κ2) is 7.78. The smallest absolute Gasteiger partial charge is 0.343 e. The lowest BCUT2D eigenvalue weighted by molar-refractivity contribution is -0.246. The lowest BCUT2D eigenvalue weighted by Gasteiger charge is -2.22. The fourth-order valence-electron chi connectivity index (χ4n) is 3.30. The minimum absolute atomic E-state index is 0.0258. The van der Waals surface area contributed by atoms with Crippen molar-refractivity contribution in [2.45, 2.75) is 51.0 Å². The van der Waals surface area contributed by atoms with Gasteiger partial charge < -0.3 is 40.0 Å². The molecule has 0 spiro atoms. The fraction of sp³-hybridized carbons (Fsp3) is 0.526. The number of hydrogen-bond acceptors (Lipinski definition) is 8. The summed E-state index contributed by atoms with van der Waals surface area (Å²) < 4.78 is 10.3. The van der Waals surface area contributed by atoms with Gasteiger partial charge in [-0.1, -0.05) is 31.7 Å². The van der Waals surface area contributed by atoms with Crippen molar-refractivity contribution in [2.24, 2.45) is 5.92 Å². The summed E-state index contributed by atoms with van der Waals surface area (Å²) in [5.41, 5.74) is 1.66. The van der Waals surface area contributed by atoms with E-state index in [1.807, 2.05) is 12.1 Å². The van der Waals surface area contributed by atoms with Crippen LogP contribution < -0.4 is 9.72 Å². The van der Waals surface area contributed by atoms with Gasteiger partial charge in [0.05, 0.1) is 13.2 Å². The second-order valence-corrected chi connectivity index (χ2v) is 7.39. The summed E-state index contributed by atoms with van der Waals surface area (Å²) in [5.74, 6) is -3.13. The van der Waals surface area contributed by atoms with Crippen molar-refractivity contribution >= 4 is 16.9 Å². The number of aliphatic hydroxyl groups excluding tert-OH is 4. The standard InChI is InChI=1S/C19H24NO8/c1-9(2)5-10-3-4-12-11(6-10)15(13(7-21)20-12)27-18(25)16-14(23)17(24)19(26,8-22)28-16/h3-4,6,9,14,16-17,21-24,26H,5,7-8H2,1-2H3/q-1/t14-,16+,17+,19-/m0/s1. The normalized spacial score (nSPS) is 27.6. The molecule has 154 valence electrons. The van der Waals surface area contributed by atoms with Gasteiger partial charge in [0.25, 0.3) is 0 Å². The number of hydrogen-bond donors (Lipinski definition) is 5. The highest BCUT2D eigenvalue weighted by atomic mass is 16.7. The number of carbonyl (C=O) groups excluding carboxylic acids is 1. The third-order valence-electron chi connectivity index (χ3n) is 4.71. The van der Waals surface area contributed by atoms with Gasteiger partial charge in [-0.25, -0.2) is 4.79 Å². The van der Waals surface area contributed by atoms with Gasteiger partial charge in [-0.3, -0.25) is 0 Å². The van der Waals surface area contributed by atoms with Crippen LogP contribution in [0.1, 0.15) is 25.1 Å². The first-order valence-electron chi connectivity index (χ1n) is 8.98. The first-order chi connectivity index (χ1) is 13.2. The Labute approximate surface area is 161 Å². The van der Waals surface area contributed by atoms with E-state index in [1.54, 1.807) is 6.07 Å². The minimum atomic E-state index is -2.47. The van der Waals surface area contributed by atoms with E-state index in [0.717, 1.165) is 12.0 Å². The zero-order chi connectivity index (χ0) is 20.6. The molecule has 5 N–H and O–H groups in total. The van der Waals surface area contributed by atoms with Crippen LogP contribution in [-0.2, 0) is 22.6 Å². The van der Waals surface area contributed by atoms with E-state index in [-0.39, 0.29) is 11.4 Å². The number of benzene rings is 1. The molecule has 9 heteroatoms. The lowest BCUT2D eigenvalue weighted by atomic mass is 10.0. The Hall–Kier alpha value is -2.01. The molecule has 0 saturated carbocycles. The van der Waals surface area contributed by atoms with Gasteiger partial charge in [-0.2, -0.15) is 0 Å². The van der Waals surface area contributed by atoms with E-state index in [1.165, 1.54) is 0 Å². The van der Waals surface area contributed by atoms with Crippen molar-refractivity contribution in [3.8, 4) is 5.75 Å². The molecule has 0 unspecified atom stereocenters. The molecule has 1 aromatic carbocycles. The average molecular weight is 394 g/mol. The monoisotopic (exact) mass is 394 g/mol. The van der Waals surface area contributed by atoms with E-state index in [9.17, 15) is 25.2 Å². The molecule has 28 heavy (non-hydrogen) atoms. The van der Waals surface area contributed by atoms with Crippen LogP contribution in [0.4, 0.5) is 0 Å². The average Bonchev–Trinajstić information content (AvgIpc) is 3.11. The molecule has 1 aromatic heterocycles. The van der Waals surface area contributed by atoms with Gasteiger partial charge >= 0.3 is 5.97 Å². The third-order valence-corrected chi connectivity index (χ3v) is 4.71. The van der Waals surface area contributed by atoms with Crippen LogP contribution in [0.5, 0.6) is 5.75 Å². The molecule has 0 amide bonds. The zero-order valence-electron chi connectivity index (χ0n) is 15.6. The van der Waals surface area contributed by atoms with Gasteiger partial charge in [0.2, 0.25) is 5.79 Å². The summed E-state index contributed by atoms with van der Waals surface area (Å²) in [6.07, 6.45) is -4.61. The summed E-state index contributed by atoms with van der Waals surface area (Å²) in [4.78, 5) is 16.8. The van der Waals surface area contributed by atoms with Crippen LogP contribution in [0.15, 0.2) is 18.2 Å². The minimum Gasteiger partial charge on any atom is -0.656 e. The molecule has 3 rings (SSSR count). The number of esters is 1. The van der Waals surface area contributed by atoms with E-state index in [0.29, 0.717) is 16.8 Å². The molecule has 0 aliphatic carbocycles. The maximum absolute atomic E-state index is 12.5. The number of aromatic nitrogens is 1. The Morgan fingerprint density at radius 1 is 1.32 bits per heavy atom. The molecular weight excluding hydrogens is 370 g/mol. The molecule has 0 bridgehead atoms. The van der Waals surface area contributed by atoms with Crippen molar-refractivity contribution in [1.29, 1.82) is 0 Å². The highest BCUT2D eigenvalue weighted by molar-refractivity contribution is 5.91. The topological polar surface area (TPSA) is 151 Å². The summed E-state index contributed by atoms with van der Waals surface area (Å²) in [7, 11) is 0. The maximum Gasteiger partial charge on any atom is 0.343 e. The highest BCUT2D eigenvalue weighted by Gasteiger charge is 2.56. The van der Waals surface area contributed by atoms with Crippen LogP contribution in [0.25, 0.3) is 10.9 Å². The summed E-state index contributed by atoms with van der Waals surface area (Å²) in [5, 5.41) is 49.0. The molecule has 2 heterocycles. The van der Waals surface area contributed by atoms with Crippen molar-refractivity contribution in [3.63, 3.8) is 0 Å². The Bertz CT molecular complexity index is 863. The van der Waals surface area contributed by atoms with Crippen LogP contribution >= 0.6 is 0 Å². The van der Waals surface area contributed by atoms with E-state index in [4.69, 9.17) is 14.6 Å². The van der Waals surface area contributed by atoms with Crippen LogP contribution in [-0.4, -0.2) is 62.2 Å². The summed E-state index contributed by atoms with van der Waals surface area (Å²) >= 11 is 0. The summed E-state index contributed by atoms with van der Waals surface area (Å²) in [6, 6.07) is 5.48. The Morgan fingerprint density at radius 3 is 2.61 bits per heavy atom.